The van der Waals surface area contributed by atoms with Gasteiger partial charge in [0, 0.05) is 15.9 Å². The Hall–Kier alpha value is -2.72. The number of anilines is 1. The van der Waals surface area contributed by atoms with Crippen molar-refractivity contribution in [1.82, 2.24) is 0 Å². The summed E-state index contributed by atoms with van der Waals surface area (Å²) in [6.45, 7) is 0. The largest absolute Gasteiger partial charge is 0.465 e. The molecule has 0 spiro atoms. The predicted octanol–water partition coefficient (Wildman–Crippen LogP) is 5.08. The summed E-state index contributed by atoms with van der Waals surface area (Å²) in [5.41, 5.74) is 0.787. The fourth-order valence-electron chi connectivity index (χ4n) is 1.99. The van der Waals surface area contributed by atoms with Crippen molar-refractivity contribution in [2.75, 3.05) is 5.32 Å². The lowest BCUT2D eigenvalue weighted by Crippen LogP contribution is -2.08. The zero-order valence-corrected chi connectivity index (χ0v) is 13.1. The number of hydrogen-bond acceptors (Lipinski definition) is 3. The zero-order chi connectivity index (χ0) is 15.9. The smallest absolute Gasteiger partial charge is 0.248 e. The molecule has 3 rings (SSSR count). The van der Waals surface area contributed by atoms with Gasteiger partial charge in [-0.2, -0.15) is 0 Å². The molecule has 0 aliphatic carbocycles. The number of amides is 1. The van der Waals surface area contributed by atoms with Crippen molar-refractivity contribution in [2.45, 2.75) is 9.79 Å². The van der Waals surface area contributed by atoms with E-state index in [1.54, 1.807) is 36.2 Å². The van der Waals surface area contributed by atoms with Crippen molar-refractivity contribution in [3.63, 3.8) is 0 Å². The normalized spacial score (nSPS) is 10.8. The van der Waals surface area contributed by atoms with Crippen LogP contribution >= 0.6 is 11.8 Å². The summed E-state index contributed by atoms with van der Waals surface area (Å²) in [7, 11) is 0. The fraction of sp³-hybridized carbons (Fsp3) is 0. The highest BCUT2D eigenvalue weighted by Gasteiger charge is 2.06. The fourth-order valence-corrected chi connectivity index (χ4v) is 2.92. The van der Waals surface area contributed by atoms with Crippen molar-refractivity contribution >= 4 is 29.4 Å². The highest BCUT2D eigenvalue weighted by Crippen LogP contribution is 2.33. The second kappa shape index (κ2) is 7.51. The Labute approximate surface area is 139 Å². The summed E-state index contributed by atoms with van der Waals surface area (Å²) in [6, 6.07) is 21.4. The Kier molecular flexibility index (Phi) is 4.96. The van der Waals surface area contributed by atoms with E-state index in [0.29, 0.717) is 5.76 Å². The maximum absolute atomic E-state index is 12.1. The summed E-state index contributed by atoms with van der Waals surface area (Å²) in [4.78, 5) is 14.2. The average Bonchev–Trinajstić information content (AvgIpc) is 3.09. The first kappa shape index (κ1) is 15.2. The molecule has 0 fully saturated rings. The molecule has 0 saturated heterocycles. The van der Waals surface area contributed by atoms with Gasteiger partial charge in [-0.15, -0.1) is 0 Å². The van der Waals surface area contributed by atoms with E-state index < -0.39 is 0 Å². The Balaban J connectivity index is 1.71. The molecule has 1 amide bonds. The zero-order valence-electron chi connectivity index (χ0n) is 12.3. The van der Waals surface area contributed by atoms with Gasteiger partial charge in [-0.3, -0.25) is 4.79 Å². The van der Waals surface area contributed by atoms with Gasteiger partial charge in [-0.1, -0.05) is 42.1 Å². The van der Waals surface area contributed by atoms with Crippen LogP contribution in [0.4, 0.5) is 5.69 Å². The maximum Gasteiger partial charge on any atom is 0.248 e. The van der Waals surface area contributed by atoms with Crippen molar-refractivity contribution in [2.24, 2.45) is 0 Å². The van der Waals surface area contributed by atoms with E-state index in [4.69, 9.17) is 4.42 Å². The molecule has 2 aromatic carbocycles. The van der Waals surface area contributed by atoms with Gasteiger partial charge in [0.2, 0.25) is 5.91 Å². The lowest BCUT2D eigenvalue weighted by Gasteiger charge is -2.09. The third kappa shape index (κ3) is 4.37. The maximum atomic E-state index is 12.1. The van der Waals surface area contributed by atoms with Crippen LogP contribution < -0.4 is 5.32 Å². The molecule has 114 valence electrons. The van der Waals surface area contributed by atoms with Gasteiger partial charge in [0.15, 0.2) is 0 Å². The third-order valence-electron chi connectivity index (χ3n) is 3.06. The number of benzene rings is 2. The molecular formula is C19H15NO2S. The van der Waals surface area contributed by atoms with Crippen molar-refractivity contribution < 1.29 is 9.21 Å². The summed E-state index contributed by atoms with van der Waals surface area (Å²) < 4.78 is 5.17. The second-order valence-corrected chi connectivity index (χ2v) is 5.86. The standard InChI is InChI=1S/C19H15NO2S/c21-19(13-12-15-7-6-14-22-15)20-17-10-4-5-11-18(17)23-16-8-2-1-3-9-16/h1-14H,(H,20,21)/b13-12+. The lowest BCUT2D eigenvalue weighted by molar-refractivity contribution is -0.111. The van der Waals surface area contributed by atoms with E-state index in [0.717, 1.165) is 15.5 Å². The lowest BCUT2D eigenvalue weighted by atomic mass is 10.3. The topological polar surface area (TPSA) is 42.2 Å². The van der Waals surface area contributed by atoms with Gasteiger partial charge < -0.3 is 9.73 Å². The van der Waals surface area contributed by atoms with Crippen molar-refractivity contribution in [1.29, 1.82) is 0 Å². The van der Waals surface area contributed by atoms with E-state index >= 15 is 0 Å². The summed E-state index contributed by atoms with van der Waals surface area (Å²) in [6.07, 6.45) is 4.68. The molecule has 0 bridgehead atoms. The van der Waals surface area contributed by atoms with E-state index in [-0.39, 0.29) is 5.91 Å². The third-order valence-corrected chi connectivity index (χ3v) is 4.14. The number of rotatable bonds is 5. The Morgan fingerprint density at radius 2 is 1.74 bits per heavy atom. The van der Waals surface area contributed by atoms with Gasteiger partial charge in [-0.05, 0) is 42.5 Å². The highest BCUT2D eigenvalue weighted by atomic mass is 32.2. The first-order valence-electron chi connectivity index (χ1n) is 7.16. The minimum Gasteiger partial charge on any atom is -0.465 e. The Morgan fingerprint density at radius 1 is 0.957 bits per heavy atom. The summed E-state index contributed by atoms with van der Waals surface area (Å²) in [5.74, 6) is 0.453. The second-order valence-electron chi connectivity index (χ2n) is 4.75. The van der Waals surface area contributed by atoms with E-state index in [9.17, 15) is 4.79 Å². The molecule has 0 saturated carbocycles. The van der Waals surface area contributed by atoms with E-state index in [2.05, 4.69) is 5.32 Å². The molecule has 23 heavy (non-hydrogen) atoms. The molecule has 0 unspecified atom stereocenters. The first-order chi connectivity index (χ1) is 11.3. The minimum atomic E-state index is -0.192. The molecule has 4 heteroatoms. The molecule has 1 heterocycles. The van der Waals surface area contributed by atoms with Gasteiger partial charge in [-0.25, -0.2) is 0 Å². The molecule has 0 aliphatic rings. The van der Waals surface area contributed by atoms with Gasteiger partial charge in [0.1, 0.15) is 5.76 Å². The molecule has 0 atom stereocenters. The number of carbonyl (C=O) groups is 1. The first-order valence-corrected chi connectivity index (χ1v) is 7.97. The van der Waals surface area contributed by atoms with Crippen LogP contribution in [0.5, 0.6) is 0 Å². The van der Waals surface area contributed by atoms with Crippen LogP contribution in [0.2, 0.25) is 0 Å². The van der Waals surface area contributed by atoms with Gasteiger partial charge >= 0.3 is 0 Å². The molecule has 1 N–H and O–H groups in total. The van der Waals surface area contributed by atoms with Crippen molar-refractivity contribution in [3.05, 3.63) is 84.8 Å². The Bertz CT molecular complexity index is 795. The summed E-state index contributed by atoms with van der Waals surface area (Å²) >= 11 is 1.61. The van der Waals surface area contributed by atoms with Crippen molar-refractivity contribution in [3.8, 4) is 0 Å². The van der Waals surface area contributed by atoms with Crippen LogP contribution in [0.25, 0.3) is 6.08 Å². The molecule has 3 aromatic rings. The van der Waals surface area contributed by atoms with Crippen LogP contribution in [-0.2, 0) is 4.79 Å². The van der Waals surface area contributed by atoms with Crippen LogP contribution in [0.15, 0.2) is 93.3 Å². The SMILES string of the molecule is O=C(/C=C/c1ccco1)Nc1ccccc1Sc1ccccc1. The quantitative estimate of drug-likeness (QED) is 0.666. The number of hydrogen-bond donors (Lipinski definition) is 1. The van der Waals surface area contributed by atoms with E-state index in [1.165, 1.54) is 6.08 Å². The molecule has 3 nitrogen and oxygen atoms in total. The average molecular weight is 321 g/mol. The van der Waals surface area contributed by atoms with E-state index in [1.807, 2.05) is 54.6 Å². The number of para-hydroxylation sites is 1. The van der Waals surface area contributed by atoms with Crippen LogP contribution in [0.1, 0.15) is 5.76 Å². The molecule has 0 aliphatic heterocycles. The van der Waals surface area contributed by atoms with Gasteiger partial charge in [0.25, 0.3) is 0 Å². The Morgan fingerprint density at radius 3 is 2.52 bits per heavy atom. The molecular weight excluding hydrogens is 306 g/mol. The monoisotopic (exact) mass is 321 g/mol. The number of carbonyl (C=O) groups excluding carboxylic acids is 1. The van der Waals surface area contributed by atoms with Crippen LogP contribution in [-0.4, -0.2) is 5.91 Å². The minimum absolute atomic E-state index is 0.192. The number of nitrogens with one attached hydrogen (secondary N) is 1. The van der Waals surface area contributed by atoms with Gasteiger partial charge in [0.05, 0.1) is 12.0 Å². The molecule has 1 aromatic heterocycles. The predicted molar refractivity (Wildman–Crippen MR) is 93.4 cm³/mol. The molecule has 0 radical (unpaired) electrons. The highest BCUT2D eigenvalue weighted by molar-refractivity contribution is 7.99. The number of furan rings is 1. The summed E-state index contributed by atoms with van der Waals surface area (Å²) in [5, 5.41) is 2.90. The van der Waals surface area contributed by atoms with Crippen LogP contribution in [0.3, 0.4) is 0 Å². The van der Waals surface area contributed by atoms with Crippen LogP contribution in [0, 0.1) is 0 Å².